The first kappa shape index (κ1) is 46.5. The normalized spacial score (nSPS) is 24.2. The Hall–Kier alpha value is -3.48. The molecule has 15 heteroatoms. The quantitative estimate of drug-likeness (QED) is 0.108. The molecule has 4 bridgehead atoms. The van der Waals surface area contributed by atoms with Gasteiger partial charge in [-0.3, -0.25) is 9.97 Å². The Labute approximate surface area is 316 Å². The van der Waals surface area contributed by atoms with E-state index in [0.29, 0.717) is 34.5 Å². The van der Waals surface area contributed by atoms with Gasteiger partial charge in [0.05, 0.1) is 28.8 Å². The van der Waals surface area contributed by atoms with Crippen LogP contribution < -0.4 is 0 Å². The molecule has 0 amide bonds. The smallest absolute Gasteiger partial charge is 0 e. The van der Waals surface area contributed by atoms with E-state index >= 15 is 0 Å². The van der Waals surface area contributed by atoms with Crippen molar-refractivity contribution in [2.75, 3.05) is 0 Å². The summed E-state index contributed by atoms with van der Waals surface area (Å²) < 4.78 is 81.4. The predicted octanol–water partition coefficient (Wildman–Crippen LogP) is 8.17. The minimum atomic E-state index is -6.09. The molecule has 2 fully saturated rings. The van der Waals surface area contributed by atoms with E-state index in [1.807, 2.05) is 0 Å². The van der Waals surface area contributed by atoms with Gasteiger partial charge in [0.15, 0.2) is 10.1 Å². The summed E-state index contributed by atoms with van der Waals surface area (Å²) >= 11 is 0. The van der Waals surface area contributed by atoms with Gasteiger partial charge in [-0.25, -0.2) is 13.4 Å². The van der Waals surface area contributed by atoms with Crippen LogP contribution in [0.1, 0.15) is 107 Å². The van der Waals surface area contributed by atoms with E-state index in [9.17, 15) is 13.2 Å². The third kappa shape index (κ3) is 8.66. The maximum absolute atomic E-state index is 10.7. The van der Waals surface area contributed by atoms with Gasteiger partial charge in [0.25, 0.3) is 0 Å². The first-order valence-electron chi connectivity index (χ1n) is 15.8. The molecule has 0 N–H and O–H groups in total. The average molecular weight is 910 g/mol. The number of alkyl halides is 3. The van der Waals surface area contributed by atoms with Crippen LogP contribution in [0.4, 0.5) is 13.2 Å². The van der Waals surface area contributed by atoms with E-state index in [1.165, 1.54) is 42.3 Å². The molecule has 0 aliphatic heterocycles. The van der Waals surface area contributed by atoms with E-state index in [4.69, 9.17) is 47.1 Å². The van der Waals surface area contributed by atoms with Crippen LogP contribution in [-0.4, -0.2) is 33.4 Å². The summed E-state index contributed by atoms with van der Waals surface area (Å²) in [7, 11) is -6.09. The summed E-state index contributed by atoms with van der Waals surface area (Å²) in [5.41, 5.74) is 4.55. The third-order valence-electron chi connectivity index (χ3n) is 11.0. The van der Waals surface area contributed by atoms with Crippen LogP contribution in [0.3, 0.4) is 0 Å². The van der Waals surface area contributed by atoms with Crippen molar-refractivity contribution in [3.05, 3.63) is 84.9 Å². The molecular weight excluding hydrogens is 872 g/mol. The van der Waals surface area contributed by atoms with Crippen molar-refractivity contribution < 1.29 is 60.5 Å². The second-order valence-electron chi connectivity index (χ2n) is 13.9. The van der Waals surface area contributed by atoms with Gasteiger partial charge < -0.3 is 4.55 Å². The topological polar surface area (TPSA) is 179 Å². The molecule has 1 radical (unpaired) electrons. The predicted molar refractivity (Wildman–Crippen MR) is 176 cm³/mol. The second-order valence-corrected chi connectivity index (χ2v) is 15.3. The van der Waals surface area contributed by atoms with Crippen molar-refractivity contribution in [1.29, 1.82) is 5.26 Å². The molecule has 9 rings (SSSR count). The molecule has 6 aliphatic rings. The molecule has 0 unspecified atom stereocenters. The molecule has 277 valence electrons. The summed E-state index contributed by atoms with van der Waals surface area (Å²) in [6.07, 6.45) is 2.63. The van der Waals surface area contributed by atoms with Gasteiger partial charge in [0.1, 0.15) is 0 Å². The first-order chi connectivity index (χ1) is 23.8. The molecule has 6 atom stereocenters. The van der Waals surface area contributed by atoms with Crippen molar-refractivity contribution in [1.82, 2.24) is 15.0 Å². The van der Waals surface area contributed by atoms with Gasteiger partial charge in [-0.1, -0.05) is 59.7 Å². The van der Waals surface area contributed by atoms with Crippen molar-refractivity contribution in [3.8, 4) is 28.8 Å². The van der Waals surface area contributed by atoms with Crippen LogP contribution in [0.2, 0.25) is 0 Å². The zero-order valence-corrected chi connectivity index (χ0v) is 33.1. The van der Waals surface area contributed by atoms with E-state index in [0.717, 1.165) is 34.6 Å². The first-order valence-corrected chi connectivity index (χ1v) is 17.2. The summed E-state index contributed by atoms with van der Waals surface area (Å²) in [5, 5.41) is 7.32. The monoisotopic (exact) mass is 910 g/mol. The van der Waals surface area contributed by atoms with Crippen LogP contribution in [0.5, 0.6) is 0 Å². The number of rotatable bonds is 2. The number of hydrogen-bond donors (Lipinski definition) is 0. The van der Waals surface area contributed by atoms with E-state index in [-0.39, 0.29) is 20.4 Å². The third-order valence-corrected chi connectivity index (χ3v) is 11.5. The largest absolute Gasteiger partial charge is 0 e. The minimum absolute atomic E-state index is 0. The minimum Gasteiger partial charge on any atom is 0 e. The Balaban J connectivity index is 0.000000645. The number of nitriles is 1. The molecule has 3 heterocycles. The van der Waals surface area contributed by atoms with E-state index in [2.05, 4.69) is 104 Å². The summed E-state index contributed by atoms with van der Waals surface area (Å²) in [6, 6.07) is 17.1. The molecular formula is C37H38F3N4O6ReS-. The van der Waals surface area contributed by atoms with Crippen molar-refractivity contribution >= 4 is 10.1 Å². The molecule has 3 aromatic rings. The molecule has 0 saturated heterocycles. The Morgan fingerprint density at radius 1 is 0.750 bits per heavy atom. The van der Waals surface area contributed by atoms with Crippen molar-refractivity contribution in [3.63, 3.8) is 0 Å². The van der Waals surface area contributed by atoms with Crippen LogP contribution >= 0.6 is 0 Å². The molecule has 0 spiro atoms. The Morgan fingerprint density at radius 2 is 1.04 bits per heavy atom. The van der Waals surface area contributed by atoms with Gasteiger partial charge in [-0.2, -0.15) is 18.4 Å². The fourth-order valence-electron chi connectivity index (χ4n) is 8.35. The van der Waals surface area contributed by atoms with Crippen molar-refractivity contribution in [2.24, 2.45) is 22.7 Å². The average Bonchev–Trinajstić information content (AvgIpc) is 3.10. The van der Waals surface area contributed by atoms with Crippen LogP contribution in [0.15, 0.2) is 42.5 Å². The SMILES string of the molecule is CC#N.C[C@@H]1c2nc(-c3cccc(-c4ccc5c(n4)[C@@H](C)[C@H]4C[C@@H]5C4(C)C)n3)ccc2[C@@H]2C[C@H]1C2(C)C.O=S(=O)([O-])C(F)(F)F.[C-]#[O+].[C-]#[O+].[C-]#[O+].[Re]. The Kier molecular flexibility index (Phi) is 16.1. The van der Waals surface area contributed by atoms with Gasteiger partial charge in [0, 0.05) is 50.6 Å². The number of halogens is 3. The van der Waals surface area contributed by atoms with Gasteiger partial charge >= 0.3 is 39.4 Å². The Morgan fingerprint density at radius 3 is 1.31 bits per heavy atom. The van der Waals surface area contributed by atoms with Gasteiger partial charge in [-0.15, -0.1) is 0 Å². The maximum atomic E-state index is 10.7. The molecule has 52 heavy (non-hydrogen) atoms. The Bertz CT molecular complexity index is 1830. The summed E-state index contributed by atoms with van der Waals surface area (Å²) in [6.45, 7) is 29.4. The maximum Gasteiger partial charge on any atom is 0 e. The number of aromatic nitrogens is 3. The standard InChI is InChI=1S/C31H35N3.C2H3N.CHF3O3S.3CO.Re/c1-16-20-14-22(30(20,3)4)18-10-12-26(33-28(16)18)24-8-7-9-25(32-24)27-13-11-19-23-15-21(31(23,5)6)17(2)29(19)34-27;1-2-3;2-1(3,4)8(5,6)7;3*1-2;/h7-13,16-17,20-23H,14-15H2,1-6H3;1H3;(H,5,6,7);;;;/p-1/t16-,17-,20+,21+,22-,23-;;;;;;/m0....../s1. The number of hydrogen-bond acceptors (Lipinski definition) is 7. The van der Waals surface area contributed by atoms with E-state index in [1.54, 1.807) is 6.07 Å². The van der Waals surface area contributed by atoms with Gasteiger partial charge in [-0.05, 0) is 82.7 Å². The van der Waals surface area contributed by atoms with Crippen LogP contribution in [0.25, 0.3) is 22.8 Å². The number of nitrogens with zero attached hydrogens (tertiary/aromatic N) is 4. The van der Waals surface area contributed by atoms with Crippen LogP contribution in [-0.2, 0) is 44.5 Å². The number of pyridine rings is 3. The molecule has 6 aliphatic carbocycles. The zero-order valence-electron chi connectivity index (χ0n) is 29.6. The zero-order chi connectivity index (χ0) is 39.3. The fourth-order valence-corrected chi connectivity index (χ4v) is 8.35. The molecule has 10 nitrogen and oxygen atoms in total. The molecule has 2 saturated carbocycles. The molecule has 3 aromatic heterocycles. The fraction of sp³-hybridized carbons (Fsp3) is 0.486. The van der Waals surface area contributed by atoms with Gasteiger partial charge in [0.2, 0.25) is 0 Å². The van der Waals surface area contributed by atoms with Crippen LogP contribution in [0, 0.1) is 53.9 Å². The van der Waals surface area contributed by atoms with Crippen molar-refractivity contribution in [2.45, 2.75) is 90.5 Å². The summed E-state index contributed by atoms with van der Waals surface area (Å²) in [5.74, 6) is 3.81. The summed E-state index contributed by atoms with van der Waals surface area (Å²) in [4.78, 5) is 15.4. The molecule has 0 aromatic carbocycles. The second kappa shape index (κ2) is 18.0. The van der Waals surface area contributed by atoms with E-state index < -0.39 is 15.6 Å².